The van der Waals surface area contributed by atoms with Crippen LogP contribution in [-0.2, 0) is 14.3 Å². The smallest absolute Gasteiger partial charge is 0.338 e. The van der Waals surface area contributed by atoms with Crippen LogP contribution in [0.2, 0.25) is 0 Å². The minimum atomic E-state index is -0.966. The maximum absolute atomic E-state index is 12.6. The number of amides is 2. The van der Waals surface area contributed by atoms with Crippen molar-refractivity contribution in [2.24, 2.45) is 0 Å². The molecule has 7 nitrogen and oxygen atoms in total. The van der Waals surface area contributed by atoms with Gasteiger partial charge in [-0.05, 0) is 63.4 Å². The third-order valence-corrected chi connectivity index (χ3v) is 5.65. The maximum Gasteiger partial charge on any atom is 0.338 e. The van der Waals surface area contributed by atoms with Crippen molar-refractivity contribution in [1.29, 1.82) is 0 Å². The Hall–Kier alpha value is -3.35. The van der Waals surface area contributed by atoms with Gasteiger partial charge in [-0.1, -0.05) is 17.7 Å². The summed E-state index contributed by atoms with van der Waals surface area (Å²) in [5.74, 6) is -1.06. The van der Waals surface area contributed by atoms with E-state index in [1.807, 2.05) is 38.1 Å². The zero-order chi connectivity index (χ0) is 21.4. The first kappa shape index (κ1) is 19.9. The van der Waals surface area contributed by atoms with E-state index in [0.717, 1.165) is 36.2 Å². The van der Waals surface area contributed by atoms with Crippen molar-refractivity contribution < 1.29 is 19.1 Å². The number of carbonyl (C=O) groups excluding carboxylic acids is 3. The van der Waals surface area contributed by atoms with Gasteiger partial charge in [-0.3, -0.25) is 9.59 Å². The Morgan fingerprint density at radius 1 is 1.20 bits per heavy atom. The molecule has 30 heavy (non-hydrogen) atoms. The molecule has 2 amide bonds. The average Bonchev–Trinajstić information content (AvgIpc) is 3.20. The van der Waals surface area contributed by atoms with Crippen LogP contribution in [0.5, 0.6) is 0 Å². The lowest BCUT2D eigenvalue weighted by molar-refractivity contribution is -0.123. The van der Waals surface area contributed by atoms with E-state index < -0.39 is 18.0 Å². The molecule has 2 aliphatic rings. The van der Waals surface area contributed by atoms with Crippen LogP contribution in [0.15, 0.2) is 36.4 Å². The molecule has 0 spiro atoms. The number of fused-ring (bicyclic) bond motifs is 3. The Balaban J connectivity index is 1.44. The molecule has 2 aromatic rings. The van der Waals surface area contributed by atoms with Gasteiger partial charge in [0.2, 0.25) is 5.91 Å². The number of aryl methyl sites for hydroxylation is 2. The summed E-state index contributed by atoms with van der Waals surface area (Å²) < 4.78 is 5.36. The number of nitrogens with zero attached hydrogens (tertiary/aromatic N) is 1. The molecule has 0 radical (unpaired) electrons. The van der Waals surface area contributed by atoms with Gasteiger partial charge in [0.25, 0.3) is 5.91 Å². The number of rotatable bonds is 4. The van der Waals surface area contributed by atoms with E-state index in [2.05, 4.69) is 15.5 Å². The summed E-state index contributed by atoms with van der Waals surface area (Å²) >= 11 is 0. The van der Waals surface area contributed by atoms with E-state index in [4.69, 9.17) is 4.74 Å². The first-order valence-electron chi connectivity index (χ1n) is 10.1. The van der Waals surface area contributed by atoms with Crippen LogP contribution in [0.25, 0.3) is 0 Å². The SMILES string of the molecule is Cc1ccc(NC(=O)[C@H](C)OC(=O)c2ccc3c(c2)NC(=O)[C@@H]2CCCN32)c(C)c1. The predicted molar refractivity (Wildman–Crippen MR) is 115 cm³/mol. The number of esters is 1. The van der Waals surface area contributed by atoms with E-state index in [9.17, 15) is 14.4 Å². The minimum Gasteiger partial charge on any atom is -0.449 e. The first-order chi connectivity index (χ1) is 14.3. The average molecular weight is 407 g/mol. The summed E-state index contributed by atoms with van der Waals surface area (Å²) in [5, 5.41) is 5.67. The second-order valence-corrected chi connectivity index (χ2v) is 7.93. The third-order valence-electron chi connectivity index (χ3n) is 5.65. The normalized spacial score (nSPS) is 18.2. The summed E-state index contributed by atoms with van der Waals surface area (Å²) in [6.07, 6.45) is 0.836. The number of hydrogen-bond acceptors (Lipinski definition) is 5. The Labute approximate surface area is 175 Å². The van der Waals surface area contributed by atoms with Crippen LogP contribution in [0.4, 0.5) is 17.1 Å². The molecule has 2 aliphatic heterocycles. The van der Waals surface area contributed by atoms with Crippen LogP contribution in [0.1, 0.15) is 41.3 Å². The standard InChI is InChI=1S/C23H25N3O4/c1-13-6-8-17(14(2)11-13)24-21(27)15(3)30-23(29)16-7-9-19-18(12-16)25-22(28)20-5-4-10-26(19)20/h6-9,11-12,15,20H,4-5,10H2,1-3H3,(H,24,27)(H,25,28)/t15-,20-/m0/s1. The highest BCUT2D eigenvalue weighted by Crippen LogP contribution is 2.37. The van der Waals surface area contributed by atoms with E-state index in [1.54, 1.807) is 12.1 Å². The summed E-state index contributed by atoms with van der Waals surface area (Å²) in [4.78, 5) is 39.4. The van der Waals surface area contributed by atoms with Crippen LogP contribution in [-0.4, -0.2) is 36.5 Å². The van der Waals surface area contributed by atoms with Gasteiger partial charge in [0.15, 0.2) is 6.10 Å². The second kappa shape index (κ2) is 7.82. The van der Waals surface area contributed by atoms with Gasteiger partial charge in [0.05, 0.1) is 16.9 Å². The number of hydrogen-bond donors (Lipinski definition) is 2. The number of carbonyl (C=O) groups is 3. The third kappa shape index (κ3) is 3.75. The maximum atomic E-state index is 12.6. The predicted octanol–water partition coefficient (Wildman–Crippen LogP) is 3.41. The molecule has 156 valence electrons. The van der Waals surface area contributed by atoms with Gasteiger partial charge in [-0.15, -0.1) is 0 Å². The van der Waals surface area contributed by atoms with Crippen LogP contribution in [0.3, 0.4) is 0 Å². The van der Waals surface area contributed by atoms with Crippen molar-refractivity contribution in [2.75, 3.05) is 22.1 Å². The molecule has 0 unspecified atom stereocenters. The molecule has 4 rings (SSSR count). The first-order valence-corrected chi connectivity index (χ1v) is 10.1. The molecule has 2 aromatic carbocycles. The second-order valence-electron chi connectivity index (χ2n) is 7.93. The summed E-state index contributed by atoms with van der Waals surface area (Å²) in [7, 11) is 0. The molecule has 1 fully saturated rings. The number of anilines is 3. The van der Waals surface area contributed by atoms with Crippen LogP contribution in [0, 0.1) is 13.8 Å². The van der Waals surface area contributed by atoms with E-state index in [-0.39, 0.29) is 17.5 Å². The van der Waals surface area contributed by atoms with Crippen LogP contribution < -0.4 is 15.5 Å². The fraction of sp³-hybridized carbons (Fsp3) is 0.348. The van der Waals surface area contributed by atoms with Gasteiger partial charge in [0.1, 0.15) is 6.04 Å². The fourth-order valence-corrected chi connectivity index (χ4v) is 4.03. The molecule has 2 N–H and O–H groups in total. The van der Waals surface area contributed by atoms with Crippen molar-refractivity contribution in [1.82, 2.24) is 0 Å². The molecule has 2 atom stereocenters. The van der Waals surface area contributed by atoms with Gasteiger partial charge >= 0.3 is 5.97 Å². The van der Waals surface area contributed by atoms with Crippen molar-refractivity contribution in [2.45, 2.75) is 45.8 Å². The van der Waals surface area contributed by atoms with Gasteiger partial charge in [-0.25, -0.2) is 4.79 Å². The van der Waals surface area contributed by atoms with E-state index in [0.29, 0.717) is 11.4 Å². The highest BCUT2D eigenvalue weighted by molar-refractivity contribution is 6.06. The molecular formula is C23H25N3O4. The van der Waals surface area contributed by atoms with Crippen molar-refractivity contribution in [3.63, 3.8) is 0 Å². The molecule has 7 heteroatoms. The molecule has 0 aromatic heterocycles. The largest absolute Gasteiger partial charge is 0.449 e. The molecular weight excluding hydrogens is 382 g/mol. The zero-order valence-corrected chi connectivity index (χ0v) is 17.3. The minimum absolute atomic E-state index is 0.0493. The lowest BCUT2D eigenvalue weighted by Crippen LogP contribution is -2.43. The molecule has 0 saturated carbocycles. The van der Waals surface area contributed by atoms with Gasteiger partial charge in [0, 0.05) is 12.2 Å². The lowest BCUT2D eigenvalue weighted by Gasteiger charge is -2.33. The number of nitrogens with one attached hydrogen (secondary N) is 2. The fourth-order valence-electron chi connectivity index (χ4n) is 4.03. The topological polar surface area (TPSA) is 87.7 Å². The molecule has 2 heterocycles. The number of benzene rings is 2. The van der Waals surface area contributed by atoms with Crippen molar-refractivity contribution in [3.05, 3.63) is 53.1 Å². The summed E-state index contributed by atoms with van der Waals surface area (Å²) in [6, 6.07) is 10.7. The monoisotopic (exact) mass is 407 g/mol. The summed E-state index contributed by atoms with van der Waals surface area (Å²) in [5.41, 5.74) is 4.52. The molecule has 0 aliphatic carbocycles. The van der Waals surface area contributed by atoms with E-state index >= 15 is 0 Å². The number of ether oxygens (including phenoxy) is 1. The lowest BCUT2D eigenvalue weighted by atomic mass is 10.1. The Morgan fingerprint density at radius 3 is 2.77 bits per heavy atom. The Bertz CT molecular complexity index is 1030. The van der Waals surface area contributed by atoms with Crippen LogP contribution >= 0.6 is 0 Å². The molecule has 0 bridgehead atoms. The van der Waals surface area contributed by atoms with Gasteiger partial charge < -0.3 is 20.3 Å². The quantitative estimate of drug-likeness (QED) is 0.759. The van der Waals surface area contributed by atoms with E-state index in [1.165, 1.54) is 6.92 Å². The zero-order valence-electron chi connectivity index (χ0n) is 17.3. The highest BCUT2D eigenvalue weighted by Gasteiger charge is 2.36. The summed E-state index contributed by atoms with van der Waals surface area (Å²) in [6.45, 7) is 6.25. The Kier molecular flexibility index (Phi) is 5.20. The van der Waals surface area contributed by atoms with Crippen molar-refractivity contribution in [3.8, 4) is 0 Å². The van der Waals surface area contributed by atoms with Crippen molar-refractivity contribution >= 4 is 34.8 Å². The molecule has 1 saturated heterocycles. The highest BCUT2D eigenvalue weighted by atomic mass is 16.5. The van der Waals surface area contributed by atoms with Gasteiger partial charge in [-0.2, -0.15) is 0 Å². The Morgan fingerprint density at radius 2 is 2.00 bits per heavy atom.